The average Bonchev–Trinajstić information content (AvgIpc) is 2.03. The molecule has 0 bridgehead atoms. The van der Waals surface area contributed by atoms with Gasteiger partial charge in [0.25, 0.3) is 0 Å². The van der Waals surface area contributed by atoms with E-state index in [9.17, 15) is 5.11 Å². The Balaban J connectivity index is 2.69. The Morgan fingerprint density at radius 1 is 1.00 bits per heavy atom. The normalized spacial score (nSPS) is 10.4. The van der Waals surface area contributed by atoms with E-state index >= 15 is 0 Å². The summed E-state index contributed by atoms with van der Waals surface area (Å²) >= 11 is 0. The fourth-order valence-corrected chi connectivity index (χ4v) is 0.714. The minimum Gasteiger partial charge on any atom is -0.385 e. The van der Waals surface area contributed by atoms with Crippen LogP contribution in [0.4, 0.5) is 0 Å². The summed E-state index contributed by atoms with van der Waals surface area (Å²) in [4.78, 5) is 0. The second-order valence-electron chi connectivity index (χ2n) is 2.37. The van der Waals surface area contributed by atoms with Gasteiger partial charge >= 0.3 is 0 Å². The number of hydrogen-bond donors (Lipinski definition) is 0. The zero-order chi connectivity index (χ0) is 8.36. The SMILES string of the molecule is COCCCOCCCC[O]. The van der Waals surface area contributed by atoms with Gasteiger partial charge in [-0.15, -0.1) is 0 Å². The molecule has 0 atom stereocenters. The summed E-state index contributed by atoms with van der Waals surface area (Å²) in [6.45, 7) is 2.22. The molecule has 1 radical (unpaired) electrons. The maximum atomic E-state index is 9.99. The van der Waals surface area contributed by atoms with Gasteiger partial charge in [0.05, 0.1) is 6.61 Å². The summed E-state index contributed by atoms with van der Waals surface area (Å²) in [6.07, 6.45) is 2.55. The summed E-state index contributed by atoms with van der Waals surface area (Å²) in [5.41, 5.74) is 0. The van der Waals surface area contributed by atoms with Crippen LogP contribution in [0.2, 0.25) is 0 Å². The first-order valence-corrected chi connectivity index (χ1v) is 4.06. The molecule has 0 aromatic rings. The van der Waals surface area contributed by atoms with E-state index in [0.29, 0.717) is 6.61 Å². The van der Waals surface area contributed by atoms with E-state index in [0.717, 1.165) is 32.5 Å². The topological polar surface area (TPSA) is 38.4 Å². The fourth-order valence-electron chi connectivity index (χ4n) is 0.714. The average molecular weight is 161 g/mol. The highest BCUT2D eigenvalue weighted by atomic mass is 16.5. The fraction of sp³-hybridized carbons (Fsp3) is 1.00. The molecule has 0 saturated carbocycles. The van der Waals surface area contributed by atoms with Crippen molar-refractivity contribution in [2.45, 2.75) is 19.3 Å². The van der Waals surface area contributed by atoms with Gasteiger partial charge in [-0.2, -0.15) is 0 Å². The largest absolute Gasteiger partial charge is 0.385 e. The molecule has 3 heteroatoms. The van der Waals surface area contributed by atoms with Gasteiger partial charge in [-0.3, -0.25) is 0 Å². The van der Waals surface area contributed by atoms with Crippen molar-refractivity contribution in [1.82, 2.24) is 0 Å². The highest BCUT2D eigenvalue weighted by Gasteiger charge is 1.89. The highest BCUT2D eigenvalue weighted by Crippen LogP contribution is 1.90. The molecule has 0 heterocycles. The third kappa shape index (κ3) is 9.88. The van der Waals surface area contributed by atoms with E-state index in [-0.39, 0.29) is 6.61 Å². The van der Waals surface area contributed by atoms with Gasteiger partial charge in [0.1, 0.15) is 0 Å². The van der Waals surface area contributed by atoms with Crippen LogP contribution < -0.4 is 0 Å². The van der Waals surface area contributed by atoms with Crippen LogP contribution >= 0.6 is 0 Å². The Bertz CT molecular complexity index is 58.4. The van der Waals surface area contributed by atoms with Gasteiger partial charge in [0.2, 0.25) is 0 Å². The number of methoxy groups -OCH3 is 1. The molecule has 0 aliphatic rings. The lowest BCUT2D eigenvalue weighted by molar-refractivity contribution is 0.0937. The lowest BCUT2D eigenvalue weighted by atomic mass is 10.3. The second kappa shape index (κ2) is 9.88. The zero-order valence-corrected chi connectivity index (χ0v) is 7.17. The van der Waals surface area contributed by atoms with Crippen LogP contribution in [0.5, 0.6) is 0 Å². The first-order chi connectivity index (χ1) is 5.41. The summed E-state index contributed by atoms with van der Waals surface area (Å²) < 4.78 is 10.1. The third-order valence-electron chi connectivity index (χ3n) is 1.32. The molecular formula is C8H17O3. The molecule has 0 rings (SSSR count). The number of hydrogen-bond acceptors (Lipinski definition) is 2. The number of unbranched alkanes of at least 4 members (excludes halogenated alkanes) is 1. The number of ether oxygens (including phenoxy) is 2. The maximum Gasteiger partial charge on any atom is 0.0823 e. The summed E-state index contributed by atoms with van der Waals surface area (Å²) in [6, 6.07) is 0. The number of rotatable bonds is 8. The van der Waals surface area contributed by atoms with Crippen LogP contribution in [0.25, 0.3) is 0 Å². The lowest BCUT2D eigenvalue weighted by Crippen LogP contribution is -2.00. The Labute approximate surface area is 68.3 Å². The molecule has 11 heavy (non-hydrogen) atoms. The van der Waals surface area contributed by atoms with Gasteiger partial charge in [0.15, 0.2) is 0 Å². The molecule has 3 nitrogen and oxygen atoms in total. The molecule has 0 saturated heterocycles. The molecule has 0 fully saturated rings. The van der Waals surface area contributed by atoms with Crippen molar-refractivity contribution in [3.05, 3.63) is 0 Å². The van der Waals surface area contributed by atoms with Crippen molar-refractivity contribution >= 4 is 0 Å². The van der Waals surface area contributed by atoms with E-state index in [1.54, 1.807) is 7.11 Å². The van der Waals surface area contributed by atoms with Crippen LogP contribution in [-0.2, 0) is 14.6 Å². The molecule has 0 unspecified atom stereocenters. The smallest absolute Gasteiger partial charge is 0.0823 e. The van der Waals surface area contributed by atoms with Gasteiger partial charge in [0, 0.05) is 26.9 Å². The zero-order valence-electron chi connectivity index (χ0n) is 7.17. The molecule has 67 valence electrons. The van der Waals surface area contributed by atoms with E-state index in [2.05, 4.69) is 0 Å². The molecule has 0 aromatic heterocycles. The van der Waals surface area contributed by atoms with Crippen LogP contribution in [-0.4, -0.2) is 33.5 Å². The second-order valence-corrected chi connectivity index (χ2v) is 2.37. The third-order valence-corrected chi connectivity index (χ3v) is 1.32. The molecule has 0 aromatic carbocycles. The van der Waals surface area contributed by atoms with E-state index in [1.165, 1.54) is 0 Å². The first kappa shape index (κ1) is 10.9. The maximum absolute atomic E-state index is 9.99. The molecule has 0 aliphatic carbocycles. The van der Waals surface area contributed by atoms with E-state index in [4.69, 9.17) is 9.47 Å². The lowest BCUT2D eigenvalue weighted by Gasteiger charge is -2.01. The van der Waals surface area contributed by atoms with Crippen molar-refractivity contribution in [3.8, 4) is 0 Å². The van der Waals surface area contributed by atoms with E-state index in [1.807, 2.05) is 0 Å². The van der Waals surface area contributed by atoms with E-state index < -0.39 is 0 Å². The van der Waals surface area contributed by atoms with Gasteiger partial charge in [-0.25, -0.2) is 5.11 Å². The Morgan fingerprint density at radius 3 is 2.36 bits per heavy atom. The minimum absolute atomic E-state index is 0.0153. The predicted molar refractivity (Wildman–Crippen MR) is 42.1 cm³/mol. The Hall–Kier alpha value is -0.120. The highest BCUT2D eigenvalue weighted by molar-refractivity contribution is 4.37. The molecule has 0 amide bonds. The Kier molecular flexibility index (Phi) is 9.77. The van der Waals surface area contributed by atoms with Crippen molar-refractivity contribution in [2.24, 2.45) is 0 Å². The molecular weight excluding hydrogens is 144 g/mol. The van der Waals surface area contributed by atoms with Crippen LogP contribution in [0, 0.1) is 0 Å². The quantitative estimate of drug-likeness (QED) is 0.502. The summed E-state index contributed by atoms with van der Waals surface area (Å²) in [5.74, 6) is 0. The molecule has 0 spiro atoms. The summed E-state index contributed by atoms with van der Waals surface area (Å²) in [5, 5.41) is 9.99. The first-order valence-electron chi connectivity index (χ1n) is 4.06. The van der Waals surface area contributed by atoms with Crippen molar-refractivity contribution < 1.29 is 14.6 Å². The molecule has 0 aliphatic heterocycles. The van der Waals surface area contributed by atoms with Crippen LogP contribution in [0.15, 0.2) is 0 Å². The predicted octanol–water partition coefficient (Wildman–Crippen LogP) is 1.25. The Morgan fingerprint density at radius 2 is 1.73 bits per heavy atom. The van der Waals surface area contributed by atoms with Crippen LogP contribution in [0.3, 0.4) is 0 Å². The summed E-state index contributed by atoms with van der Waals surface area (Å²) in [7, 11) is 1.68. The minimum atomic E-state index is 0.0153. The van der Waals surface area contributed by atoms with Gasteiger partial charge < -0.3 is 9.47 Å². The molecule has 0 N–H and O–H groups in total. The monoisotopic (exact) mass is 161 g/mol. The van der Waals surface area contributed by atoms with Crippen molar-refractivity contribution in [3.63, 3.8) is 0 Å². The van der Waals surface area contributed by atoms with Crippen molar-refractivity contribution in [1.29, 1.82) is 0 Å². The van der Waals surface area contributed by atoms with Gasteiger partial charge in [-0.05, 0) is 19.3 Å². The standard InChI is InChI=1S/C8H17O3/c1-10-6-4-8-11-7-3-2-5-9/h2-8H2,1H3. The van der Waals surface area contributed by atoms with Crippen LogP contribution in [0.1, 0.15) is 19.3 Å². The van der Waals surface area contributed by atoms with Gasteiger partial charge in [-0.1, -0.05) is 0 Å². The van der Waals surface area contributed by atoms with Crippen molar-refractivity contribution in [2.75, 3.05) is 33.5 Å².